The number of anilines is 1. The van der Waals surface area contributed by atoms with Gasteiger partial charge in [0.15, 0.2) is 6.29 Å². The summed E-state index contributed by atoms with van der Waals surface area (Å²) in [5, 5.41) is 8.14. The van der Waals surface area contributed by atoms with E-state index in [0.29, 0.717) is 16.5 Å². The molecule has 0 saturated carbocycles. The van der Waals surface area contributed by atoms with Crippen LogP contribution in [0.2, 0.25) is 5.02 Å². The number of aromatic nitrogens is 3. The Morgan fingerprint density at radius 2 is 1.83 bits per heavy atom. The van der Waals surface area contributed by atoms with Crippen LogP contribution in [-0.2, 0) is 4.79 Å². The van der Waals surface area contributed by atoms with Crippen molar-refractivity contribution in [2.75, 3.05) is 5.32 Å². The Morgan fingerprint density at radius 3 is 2.54 bits per heavy atom. The first-order chi connectivity index (χ1) is 11.8. The van der Waals surface area contributed by atoms with Gasteiger partial charge in [-0.2, -0.15) is 10.1 Å². The summed E-state index contributed by atoms with van der Waals surface area (Å²) in [7, 11) is 0. The molecule has 118 valence electrons. The van der Waals surface area contributed by atoms with Crippen LogP contribution in [0.25, 0.3) is 5.70 Å². The average molecular weight is 337 g/mol. The number of halogens is 1. The van der Waals surface area contributed by atoms with E-state index in [9.17, 15) is 4.79 Å². The number of fused-ring (bicyclic) bond motifs is 1. The van der Waals surface area contributed by atoms with E-state index in [1.165, 1.54) is 6.33 Å². The summed E-state index contributed by atoms with van der Waals surface area (Å²) in [6.45, 7) is 0. The maximum absolute atomic E-state index is 11.9. The zero-order chi connectivity index (χ0) is 16.5. The van der Waals surface area contributed by atoms with Gasteiger partial charge in [-0.05, 0) is 23.3 Å². The lowest BCUT2D eigenvalue weighted by Gasteiger charge is -2.28. The molecule has 4 rings (SSSR count). The van der Waals surface area contributed by atoms with Crippen LogP contribution in [0.15, 0.2) is 66.5 Å². The second-order valence-electron chi connectivity index (χ2n) is 5.42. The maximum Gasteiger partial charge on any atom is 0.226 e. The molecule has 6 heteroatoms. The van der Waals surface area contributed by atoms with Crippen LogP contribution in [-0.4, -0.2) is 21.1 Å². The van der Waals surface area contributed by atoms with Crippen LogP contribution < -0.4 is 5.32 Å². The molecule has 3 aromatic rings. The van der Waals surface area contributed by atoms with Gasteiger partial charge in [0.1, 0.15) is 12.4 Å². The molecular weight excluding hydrogens is 324 g/mol. The van der Waals surface area contributed by atoms with Gasteiger partial charge in [-0.15, -0.1) is 0 Å². The number of hydrogen-bond acceptors (Lipinski definition) is 4. The van der Waals surface area contributed by atoms with Gasteiger partial charge in [0.25, 0.3) is 0 Å². The van der Waals surface area contributed by atoms with Crippen LogP contribution >= 0.6 is 11.6 Å². The number of nitrogens with one attached hydrogen (secondary N) is 1. The number of aldehydes is 1. The molecule has 0 fully saturated rings. The van der Waals surface area contributed by atoms with E-state index in [-0.39, 0.29) is 6.04 Å². The van der Waals surface area contributed by atoms with Gasteiger partial charge in [0, 0.05) is 10.6 Å². The van der Waals surface area contributed by atoms with Crippen LogP contribution in [0.5, 0.6) is 0 Å². The van der Waals surface area contributed by atoms with Crippen molar-refractivity contribution in [2.45, 2.75) is 6.04 Å². The number of rotatable bonds is 3. The van der Waals surface area contributed by atoms with Crippen molar-refractivity contribution in [3.05, 3.63) is 82.6 Å². The highest BCUT2D eigenvalue weighted by Crippen LogP contribution is 2.37. The summed E-state index contributed by atoms with van der Waals surface area (Å²) in [5.74, 6) is 0.597. The van der Waals surface area contributed by atoms with E-state index >= 15 is 0 Å². The largest absolute Gasteiger partial charge is 0.323 e. The van der Waals surface area contributed by atoms with E-state index in [2.05, 4.69) is 15.4 Å². The fraction of sp³-hybridized carbons (Fsp3) is 0.0556. The minimum absolute atomic E-state index is 0.326. The third-order valence-corrected chi connectivity index (χ3v) is 4.26. The van der Waals surface area contributed by atoms with Crippen molar-refractivity contribution >= 4 is 29.5 Å². The molecule has 1 N–H and O–H groups in total. The Balaban J connectivity index is 1.93. The number of carbonyl (C=O) groups is 1. The first-order valence-corrected chi connectivity index (χ1v) is 7.82. The van der Waals surface area contributed by atoms with Crippen molar-refractivity contribution in [1.29, 1.82) is 0 Å². The average Bonchev–Trinajstić information content (AvgIpc) is 3.09. The summed E-state index contributed by atoms with van der Waals surface area (Å²) in [5.41, 5.74) is 3.16. The zero-order valence-electron chi connectivity index (χ0n) is 12.6. The SMILES string of the molecule is O=CC1=C(c2ccc(Cl)cc2)Nc2ncnn2C1c1ccccc1. The smallest absolute Gasteiger partial charge is 0.226 e. The van der Waals surface area contributed by atoms with E-state index in [1.54, 1.807) is 16.8 Å². The third-order valence-electron chi connectivity index (χ3n) is 4.01. The standard InChI is InChI=1S/C18H13ClN4O/c19-14-8-6-12(7-9-14)16-15(10-24)17(13-4-2-1-3-5-13)23-18(22-16)20-11-21-23/h1-11,17H,(H,20,21,22). The Labute approximate surface area is 143 Å². The number of carbonyl (C=O) groups excluding carboxylic acids is 1. The highest BCUT2D eigenvalue weighted by Gasteiger charge is 2.30. The second kappa shape index (κ2) is 5.94. The van der Waals surface area contributed by atoms with Crippen molar-refractivity contribution in [1.82, 2.24) is 14.8 Å². The molecule has 0 saturated heterocycles. The third kappa shape index (κ3) is 2.39. The molecular formula is C18H13ClN4O. The molecule has 0 bridgehead atoms. The summed E-state index contributed by atoms with van der Waals surface area (Å²) >= 11 is 5.98. The van der Waals surface area contributed by atoms with E-state index in [1.807, 2.05) is 42.5 Å². The predicted molar refractivity (Wildman–Crippen MR) is 92.7 cm³/mol. The molecule has 1 aliphatic heterocycles. The van der Waals surface area contributed by atoms with Gasteiger partial charge in [0.2, 0.25) is 5.95 Å². The Morgan fingerprint density at radius 1 is 1.08 bits per heavy atom. The minimum atomic E-state index is -0.326. The minimum Gasteiger partial charge on any atom is -0.323 e. The Kier molecular flexibility index (Phi) is 3.63. The molecule has 1 aliphatic rings. The van der Waals surface area contributed by atoms with E-state index < -0.39 is 0 Å². The summed E-state index contributed by atoms with van der Waals surface area (Å²) in [4.78, 5) is 16.2. The summed E-state index contributed by atoms with van der Waals surface area (Å²) in [6, 6.07) is 16.8. The maximum atomic E-state index is 11.9. The van der Waals surface area contributed by atoms with Crippen LogP contribution in [0.3, 0.4) is 0 Å². The van der Waals surface area contributed by atoms with Crippen molar-refractivity contribution in [2.24, 2.45) is 0 Å². The van der Waals surface area contributed by atoms with Crippen molar-refractivity contribution < 1.29 is 4.79 Å². The Bertz CT molecular complexity index is 916. The normalized spacial score (nSPS) is 16.5. The fourth-order valence-electron chi connectivity index (χ4n) is 2.92. The van der Waals surface area contributed by atoms with E-state index in [4.69, 9.17) is 11.6 Å². The molecule has 1 aromatic heterocycles. The zero-order valence-corrected chi connectivity index (χ0v) is 13.3. The van der Waals surface area contributed by atoms with Gasteiger partial charge in [-0.1, -0.05) is 54.1 Å². The highest BCUT2D eigenvalue weighted by atomic mass is 35.5. The summed E-state index contributed by atoms with van der Waals surface area (Å²) < 4.78 is 1.72. The van der Waals surface area contributed by atoms with Crippen LogP contribution in [0.4, 0.5) is 5.95 Å². The molecule has 0 radical (unpaired) electrons. The quantitative estimate of drug-likeness (QED) is 0.743. The van der Waals surface area contributed by atoms with Gasteiger partial charge in [-0.25, -0.2) is 4.68 Å². The molecule has 0 aliphatic carbocycles. The van der Waals surface area contributed by atoms with Gasteiger partial charge in [0.05, 0.1) is 5.70 Å². The van der Waals surface area contributed by atoms with Crippen molar-refractivity contribution in [3.8, 4) is 0 Å². The lowest BCUT2D eigenvalue weighted by Crippen LogP contribution is -2.25. The topological polar surface area (TPSA) is 59.8 Å². The molecule has 1 atom stereocenters. The summed E-state index contributed by atoms with van der Waals surface area (Å²) in [6.07, 6.45) is 2.35. The molecule has 1 unspecified atom stereocenters. The van der Waals surface area contributed by atoms with Gasteiger partial charge in [-0.3, -0.25) is 4.79 Å². The number of nitrogens with zero attached hydrogens (tertiary/aromatic N) is 3. The van der Waals surface area contributed by atoms with Crippen molar-refractivity contribution in [3.63, 3.8) is 0 Å². The predicted octanol–water partition coefficient (Wildman–Crippen LogP) is 3.56. The fourth-order valence-corrected chi connectivity index (χ4v) is 3.04. The van der Waals surface area contributed by atoms with Crippen LogP contribution in [0, 0.1) is 0 Å². The first kappa shape index (κ1) is 14.7. The van der Waals surface area contributed by atoms with E-state index in [0.717, 1.165) is 23.1 Å². The molecule has 2 heterocycles. The molecule has 0 spiro atoms. The molecule has 24 heavy (non-hydrogen) atoms. The number of hydrogen-bond donors (Lipinski definition) is 1. The first-order valence-electron chi connectivity index (χ1n) is 7.44. The number of benzene rings is 2. The Hall–Kier alpha value is -2.92. The molecule has 0 amide bonds. The van der Waals surface area contributed by atoms with Crippen LogP contribution in [0.1, 0.15) is 17.2 Å². The van der Waals surface area contributed by atoms with Gasteiger partial charge < -0.3 is 5.32 Å². The molecule has 5 nitrogen and oxygen atoms in total. The molecule has 2 aromatic carbocycles. The lowest BCUT2D eigenvalue weighted by molar-refractivity contribution is -0.105. The highest BCUT2D eigenvalue weighted by molar-refractivity contribution is 6.30. The second-order valence-corrected chi connectivity index (χ2v) is 5.86. The van der Waals surface area contributed by atoms with Gasteiger partial charge >= 0.3 is 0 Å². The monoisotopic (exact) mass is 336 g/mol. The number of allylic oxidation sites excluding steroid dienone is 1. The lowest BCUT2D eigenvalue weighted by atomic mass is 9.94.